The Balaban J connectivity index is 1.41. The number of aromatic nitrogens is 3. The largest absolute Gasteiger partial charge is 0.465 e. The first kappa shape index (κ1) is 33.2. The van der Waals surface area contributed by atoms with Crippen LogP contribution in [-0.4, -0.2) is 81.6 Å². The minimum absolute atomic E-state index is 0.110. The molecule has 5 N–H and O–H groups in total. The van der Waals surface area contributed by atoms with Gasteiger partial charge in [0, 0.05) is 13.3 Å². The van der Waals surface area contributed by atoms with Gasteiger partial charge in [-0.15, -0.1) is 0 Å². The van der Waals surface area contributed by atoms with Gasteiger partial charge in [0.1, 0.15) is 41.9 Å². The van der Waals surface area contributed by atoms with Crippen LogP contribution in [0, 0.1) is 0 Å². The van der Waals surface area contributed by atoms with E-state index in [-0.39, 0.29) is 24.6 Å². The minimum Gasteiger partial charge on any atom is -0.465 e. The summed E-state index contributed by atoms with van der Waals surface area (Å²) in [5.41, 5.74) is 6.06. The van der Waals surface area contributed by atoms with Gasteiger partial charge >= 0.3 is 13.7 Å². The molecule has 1 unspecified atom stereocenters. The molecule has 0 amide bonds. The SMILES string of the molecule is CCOC(=O)[C@H](CCc1ccccc1)NP(=O)(OC[C@H]1O[C@@](C=NC)(c2ccc3c(N)ncnn23)[C@H](O)[C@@H]1O)Oc1ccccc1. The minimum atomic E-state index is -4.36. The quantitative estimate of drug-likeness (QED) is 0.0886. The summed E-state index contributed by atoms with van der Waals surface area (Å²) in [6.45, 7) is 1.27. The van der Waals surface area contributed by atoms with Crippen molar-refractivity contribution in [3.8, 4) is 5.75 Å². The number of para-hydroxylation sites is 1. The van der Waals surface area contributed by atoms with E-state index in [9.17, 15) is 19.6 Å². The Morgan fingerprint density at radius 2 is 1.89 bits per heavy atom. The third-order valence-corrected chi connectivity index (χ3v) is 9.09. The molecule has 0 spiro atoms. The first-order valence-electron chi connectivity index (χ1n) is 14.7. The number of carbonyl (C=O) groups excluding carboxylic acids is 1. The average molecular weight is 653 g/mol. The highest BCUT2D eigenvalue weighted by Gasteiger charge is 2.56. The van der Waals surface area contributed by atoms with Gasteiger partial charge in [-0.3, -0.25) is 14.3 Å². The normalized spacial score (nSPS) is 23.3. The number of aliphatic imine (C=N–C) groups is 1. The van der Waals surface area contributed by atoms with E-state index in [0.29, 0.717) is 17.6 Å². The van der Waals surface area contributed by atoms with E-state index in [1.807, 2.05) is 30.3 Å². The number of rotatable bonds is 14. The number of benzene rings is 2. The van der Waals surface area contributed by atoms with Gasteiger partial charge in [-0.25, -0.2) is 14.1 Å². The van der Waals surface area contributed by atoms with Crippen LogP contribution in [0.5, 0.6) is 5.75 Å². The maximum Gasteiger partial charge on any atom is 0.459 e. The van der Waals surface area contributed by atoms with Crippen LogP contribution in [0.2, 0.25) is 0 Å². The van der Waals surface area contributed by atoms with Crippen LogP contribution in [0.4, 0.5) is 5.82 Å². The monoisotopic (exact) mass is 652 g/mol. The highest BCUT2D eigenvalue weighted by molar-refractivity contribution is 7.52. The second kappa shape index (κ2) is 14.5. The lowest BCUT2D eigenvalue weighted by Gasteiger charge is -2.28. The molecule has 244 valence electrons. The van der Waals surface area contributed by atoms with Crippen LogP contribution in [0.25, 0.3) is 5.52 Å². The predicted molar refractivity (Wildman–Crippen MR) is 169 cm³/mol. The van der Waals surface area contributed by atoms with Crippen LogP contribution >= 0.6 is 7.75 Å². The fraction of sp³-hybridized carbons (Fsp3) is 0.355. The van der Waals surface area contributed by atoms with Crippen molar-refractivity contribution in [1.82, 2.24) is 19.7 Å². The summed E-state index contributed by atoms with van der Waals surface area (Å²) in [5.74, 6) is -0.224. The molecule has 2 aromatic heterocycles. The van der Waals surface area contributed by atoms with E-state index < -0.39 is 50.3 Å². The number of nitrogens with two attached hydrogens (primary N) is 1. The molecule has 0 bridgehead atoms. The summed E-state index contributed by atoms with van der Waals surface area (Å²) in [5, 5.41) is 29.5. The Labute approximate surface area is 265 Å². The summed E-state index contributed by atoms with van der Waals surface area (Å²) in [6, 6.07) is 20.0. The second-order valence-electron chi connectivity index (χ2n) is 10.6. The van der Waals surface area contributed by atoms with Gasteiger partial charge in [0.05, 0.1) is 18.9 Å². The lowest BCUT2D eigenvalue weighted by atomic mass is 9.92. The van der Waals surface area contributed by atoms with Crippen molar-refractivity contribution in [1.29, 1.82) is 0 Å². The molecule has 2 aromatic carbocycles. The number of carbonyl (C=O) groups is 1. The highest BCUT2D eigenvalue weighted by atomic mass is 31.2. The third kappa shape index (κ3) is 7.12. The molecule has 46 heavy (non-hydrogen) atoms. The van der Waals surface area contributed by atoms with Crippen molar-refractivity contribution >= 4 is 31.3 Å². The number of esters is 1. The number of aliphatic hydroxyl groups excluding tert-OH is 2. The van der Waals surface area contributed by atoms with E-state index in [0.717, 1.165) is 5.56 Å². The van der Waals surface area contributed by atoms with Crippen molar-refractivity contribution in [2.24, 2.45) is 4.99 Å². The van der Waals surface area contributed by atoms with Gasteiger partial charge in [0.2, 0.25) is 0 Å². The maximum atomic E-state index is 14.4. The van der Waals surface area contributed by atoms with Gasteiger partial charge in [0.15, 0.2) is 11.4 Å². The molecule has 0 aliphatic carbocycles. The van der Waals surface area contributed by atoms with Crippen LogP contribution in [0.1, 0.15) is 24.6 Å². The Kier molecular flexibility index (Phi) is 10.5. The van der Waals surface area contributed by atoms with Crippen molar-refractivity contribution in [2.45, 2.75) is 49.7 Å². The van der Waals surface area contributed by atoms with Crippen molar-refractivity contribution in [3.05, 3.63) is 90.4 Å². The molecule has 6 atom stereocenters. The number of fused-ring (bicyclic) bond motifs is 1. The first-order chi connectivity index (χ1) is 22.2. The van der Waals surface area contributed by atoms with Gasteiger partial charge in [-0.05, 0) is 49.6 Å². The Morgan fingerprint density at radius 1 is 1.17 bits per heavy atom. The molecular weight excluding hydrogens is 615 g/mol. The maximum absolute atomic E-state index is 14.4. The summed E-state index contributed by atoms with van der Waals surface area (Å²) in [4.78, 5) is 21.1. The van der Waals surface area contributed by atoms with Gasteiger partial charge in [-0.2, -0.15) is 10.2 Å². The topological polar surface area (TPSA) is 192 Å². The Morgan fingerprint density at radius 3 is 2.59 bits per heavy atom. The molecular formula is C31H37N6O8P. The number of hydrogen-bond donors (Lipinski definition) is 4. The molecule has 1 saturated heterocycles. The molecule has 1 fully saturated rings. The first-order valence-corrected chi connectivity index (χ1v) is 16.3. The van der Waals surface area contributed by atoms with Crippen molar-refractivity contribution in [2.75, 3.05) is 26.0 Å². The molecule has 0 saturated carbocycles. The van der Waals surface area contributed by atoms with E-state index in [4.69, 9.17) is 24.3 Å². The van der Waals surface area contributed by atoms with E-state index in [1.165, 1.54) is 24.1 Å². The number of ether oxygens (including phenoxy) is 2. The lowest BCUT2D eigenvalue weighted by Crippen LogP contribution is -2.43. The van der Waals surface area contributed by atoms with Crippen molar-refractivity contribution < 1.29 is 38.1 Å². The van der Waals surface area contributed by atoms with Crippen LogP contribution in [0.15, 0.2) is 84.1 Å². The van der Waals surface area contributed by atoms with Gasteiger partial charge in [0.25, 0.3) is 0 Å². The van der Waals surface area contributed by atoms with Crippen LogP contribution in [-0.2, 0) is 35.4 Å². The molecule has 1 aliphatic heterocycles. The Bertz CT molecular complexity index is 1690. The van der Waals surface area contributed by atoms with Crippen LogP contribution in [0.3, 0.4) is 0 Å². The average Bonchev–Trinajstić information content (AvgIpc) is 3.60. The number of aliphatic hydroxyl groups is 2. The van der Waals surface area contributed by atoms with Gasteiger partial charge < -0.3 is 29.9 Å². The molecule has 14 nitrogen and oxygen atoms in total. The number of nitrogen functional groups attached to an aromatic ring is 1. The fourth-order valence-electron chi connectivity index (χ4n) is 5.31. The van der Waals surface area contributed by atoms with Gasteiger partial charge in [-0.1, -0.05) is 48.5 Å². The predicted octanol–water partition coefficient (Wildman–Crippen LogP) is 2.69. The molecule has 0 radical (unpaired) electrons. The zero-order valence-corrected chi connectivity index (χ0v) is 26.3. The van der Waals surface area contributed by atoms with E-state index in [2.05, 4.69) is 20.2 Å². The van der Waals surface area contributed by atoms with Crippen molar-refractivity contribution in [3.63, 3.8) is 0 Å². The fourth-order valence-corrected chi connectivity index (χ4v) is 6.85. The van der Waals surface area contributed by atoms with Crippen LogP contribution < -0.4 is 15.3 Å². The number of nitrogens with zero attached hydrogens (tertiary/aromatic N) is 4. The molecule has 5 rings (SSSR count). The smallest absolute Gasteiger partial charge is 0.459 e. The number of aryl methyl sites for hydroxylation is 1. The summed E-state index contributed by atoms with van der Waals surface area (Å²) in [7, 11) is -2.87. The zero-order valence-electron chi connectivity index (χ0n) is 25.4. The highest BCUT2D eigenvalue weighted by Crippen LogP contribution is 2.47. The van der Waals surface area contributed by atoms with E-state index in [1.54, 1.807) is 49.4 Å². The molecule has 15 heteroatoms. The lowest BCUT2D eigenvalue weighted by molar-refractivity contribution is -0.145. The number of hydrogen-bond acceptors (Lipinski definition) is 12. The number of nitrogens with one attached hydrogen (secondary N) is 1. The summed E-state index contributed by atoms with van der Waals surface area (Å²) in [6.07, 6.45) is -1.000. The third-order valence-electron chi connectivity index (χ3n) is 7.52. The van der Waals surface area contributed by atoms with E-state index >= 15 is 0 Å². The molecule has 1 aliphatic rings. The second-order valence-corrected chi connectivity index (χ2v) is 12.3. The summed E-state index contributed by atoms with van der Waals surface area (Å²) < 4.78 is 39.0. The molecule has 4 aromatic rings. The number of anilines is 1. The Hall–Kier alpha value is -4.17. The summed E-state index contributed by atoms with van der Waals surface area (Å²) >= 11 is 0. The standard InChI is InChI=1S/C31H37N6O8P/c1-3-42-30(40)23(15-14-21-10-6-4-7-11-21)36-46(41,45-22-12-8-5-9-13-22)43-18-25-27(38)28(39)31(44-25,19-33-2)26-17-16-24-29(32)34-20-35-37(24)26/h4-13,16-17,19-20,23,25,27-28,38-39H,3,14-15,18H2,1-2H3,(H,36,41)(H2,32,34,35)/t23-,25+,27+,28+,31-,46?/m0/s1. The molecule has 3 heterocycles. The zero-order chi connectivity index (χ0) is 32.7.